The Balaban J connectivity index is 1.40. The number of aryl methyl sites for hydroxylation is 2. The van der Waals surface area contributed by atoms with Crippen molar-refractivity contribution in [3.05, 3.63) is 66.0 Å². The summed E-state index contributed by atoms with van der Waals surface area (Å²) < 4.78 is 29.0. The molecule has 3 aromatic rings. The third-order valence-corrected chi connectivity index (χ3v) is 9.23. The number of amides is 2. The lowest BCUT2D eigenvalue weighted by molar-refractivity contribution is -0.130. The first-order valence-corrected chi connectivity index (χ1v) is 15.7. The number of anilines is 1. The number of piperidine rings is 1. The van der Waals surface area contributed by atoms with Crippen molar-refractivity contribution in [2.75, 3.05) is 30.4 Å². The third kappa shape index (κ3) is 7.06. The van der Waals surface area contributed by atoms with E-state index in [1.807, 2.05) is 26.2 Å². The third-order valence-electron chi connectivity index (χ3n) is 6.68. The van der Waals surface area contributed by atoms with Gasteiger partial charge in [-0.1, -0.05) is 23.8 Å². The number of nitrogens with zero attached hydrogens (tertiary/aromatic N) is 4. The summed E-state index contributed by atoms with van der Waals surface area (Å²) in [6, 6.07) is 13.2. The van der Waals surface area contributed by atoms with Gasteiger partial charge in [-0.2, -0.15) is 25.8 Å². The summed E-state index contributed by atoms with van der Waals surface area (Å²) in [4.78, 5) is 31.1. The Morgan fingerprint density at radius 3 is 2.46 bits per heavy atom. The van der Waals surface area contributed by atoms with Crippen LogP contribution >= 0.6 is 11.8 Å². The molecule has 1 aliphatic rings. The van der Waals surface area contributed by atoms with Gasteiger partial charge in [0.2, 0.25) is 21.8 Å². The van der Waals surface area contributed by atoms with E-state index < -0.39 is 16.1 Å². The molecule has 1 atom stereocenters. The van der Waals surface area contributed by atoms with Crippen molar-refractivity contribution in [1.82, 2.24) is 24.4 Å². The fourth-order valence-electron chi connectivity index (χ4n) is 4.47. The fourth-order valence-corrected chi connectivity index (χ4v) is 6.41. The van der Waals surface area contributed by atoms with Gasteiger partial charge in [0.25, 0.3) is 0 Å². The van der Waals surface area contributed by atoms with E-state index in [1.54, 1.807) is 65.1 Å². The number of sulfonamides is 1. The smallest absolute Gasteiger partial charge is 0.248 e. The Morgan fingerprint density at radius 1 is 1.10 bits per heavy atom. The molecular formula is C27H34N6O4S2. The highest BCUT2D eigenvalue weighted by Gasteiger charge is 2.33. The fraction of sp³-hybridized carbons (Fsp3) is 0.407. The summed E-state index contributed by atoms with van der Waals surface area (Å²) in [6.07, 6.45) is 4.83. The van der Waals surface area contributed by atoms with E-state index >= 15 is 0 Å². The van der Waals surface area contributed by atoms with Crippen LogP contribution in [0.1, 0.15) is 30.5 Å². The molecule has 0 aliphatic carbocycles. The van der Waals surface area contributed by atoms with Gasteiger partial charge in [0.05, 0.1) is 10.6 Å². The van der Waals surface area contributed by atoms with Gasteiger partial charge in [0.1, 0.15) is 11.9 Å². The number of benzene rings is 1. The van der Waals surface area contributed by atoms with Gasteiger partial charge < -0.3 is 10.6 Å². The largest absolute Gasteiger partial charge is 0.344 e. The van der Waals surface area contributed by atoms with Crippen LogP contribution < -0.4 is 10.6 Å². The number of hydrogen-bond donors (Lipinski definition) is 2. The summed E-state index contributed by atoms with van der Waals surface area (Å²) in [5.41, 5.74) is 1.70. The lowest BCUT2D eigenvalue weighted by atomic mass is 9.96. The lowest BCUT2D eigenvalue weighted by Crippen LogP contribution is -2.49. The summed E-state index contributed by atoms with van der Waals surface area (Å²) >= 11 is 1.59. The van der Waals surface area contributed by atoms with E-state index in [0.29, 0.717) is 42.3 Å². The van der Waals surface area contributed by atoms with Crippen LogP contribution in [-0.2, 0) is 19.6 Å². The van der Waals surface area contributed by atoms with Crippen molar-refractivity contribution in [2.45, 2.75) is 44.0 Å². The molecule has 2 amide bonds. The average molecular weight is 571 g/mol. The van der Waals surface area contributed by atoms with Crippen LogP contribution in [0, 0.1) is 19.8 Å². The van der Waals surface area contributed by atoms with Crippen molar-refractivity contribution in [3.8, 4) is 5.82 Å². The quantitative estimate of drug-likeness (QED) is 0.383. The molecule has 0 saturated carbocycles. The normalized spacial score (nSPS) is 15.6. The summed E-state index contributed by atoms with van der Waals surface area (Å²) in [5.74, 6) is 0.767. The predicted molar refractivity (Wildman–Crippen MR) is 152 cm³/mol. The van der Waals surface area contributed by atoms with E-state index in [1.165, 1.54) is 4.31 Å². The first kappa shape index (κ1) is 28.8. The van der Waals surface area contributed by atoms with Crippen LogP contribution in [0.15, 0.2) is 59.6 Å². The molecule has 1 unspecified atom stereocenters. The predicted octanol–water partition coefficient (Wildman–Crippen LogP) is 3.16. The highest BCUT2D eigenvalue weighted by molar-refractivity contribution is 7.98. The maximum atomic E-state index is 13.3. The number of hydrogen-bond acceptors (Lipinski definition) is 7. The van der Waals surface area contributed by atoms with Crippen LogP contribution in [0.25, 0.3) is 5.82 Å². The van der Waals surface area contributed by atoms with Crippen LogP contribution in [0.4, 0.5) is 5.82 Å². The second-order valence-corrected chi connectivity index (χ2v) is 12.5. The summed E-state index contributed by atoms with van der Waals surface area (Å²) in [6.45, 7) is 4.23. The van der Waals surface area contributed by atoms with Gasteiger partial charge in [0.15, 0.2) is 5.82 Å². The Morgan fingerprint density at radius 2 is 1.82 bits per heavy atom. The van der Waals surface area contributed by atoms with Gasteiger partial charge in [-0.15, -0.1) is 0 Å². The number of aromatic nitrogens is 3. The SMILES string of the molecule is CSCCC(NC(=O)C1CCN(S(=O)(=O)c2ccc(C)cc2)CC1)C(=O)Nc1cc(C)nn1-c1ccccn1. The first-order valence-electron chi connectivity index (χ1n) is 12.8. The molecule has 10 nitrogen and oxygen atoms in total. The number of pyridine rings is 1. The number of nitrogens with one attached hydrogen (secondary N) is 2. The molecule has 2 aromatic heterocycles. The second-order valence-electron chi connectivity index (χ2n) is 9.59. The van der Waals surface area contributed by atoms with Crippen molar-refractivity contribution < 1.29 is 18.0 Å². The van der Waals surface area contributed by atoms with E-state index in [0.717, 1.165) is 5.56 Å². The second kappa shape index (κ2) is 12.8. The minimum Gasteiger partial charge on any atom is -0.344 e. The van der Waals surface area contributed by atoms with Gasteiger partial charge >= 0.3 is 0 Å². The van der Waals surface area contributed by atoms with Gasteiger partial charge in [-0.3, -0.25) is 9.59 Å². The van der Waals surface area contributed by atoms with Crippen molar-refractivity contribution in [1.29, 1.82) is 0 Å². The molecule has 39 heavy (non-hydrogen) atoms. The number of carbonyl (C=O) groups excluding carboxylic acids is 2. The summed E-state index contributed by atoms with van der Waals surface area (Å²) in [5, 5.41) is 10.3. The Hall–Kier alpha value is -3.22. The monoisotopic (exact) mass is 570 g/mol. The highest BCUT2D eigenvalue weighted by Crippen LogP contribution is 2.25. The van der Waals surface area contributed by atoms with E-state index in [2.05, 4.69) is 20.7 Å². The van der Waals surface area contributed by atoms with Crippen LogP contribution in [0.5, 0.6) is 0 Å². The standard InChI is InChI=1S/C27H34N6O4S2/c1-19-7-9-22(10-8-19)39(36,37)32-15-11-21(12-16-32)26(34)29-23(13-17-38-3)27(35)30-25-18-20(2)31-33(25)24-6-4-5-14-28-24/h4-10,14,18,21,23H,11-13,15-17H2,1-3H3,(H,29,34)(H,30,35). The van der Waals surface area contributed by atoms with Gasteiger partial charge in [0, 0.05) is 31.3 Å². The molecule has 2 N–H and O–H groups in total. The van der Waals surface area contributed by atoms with Crippen molar-refractivity contribution >= 4 is 39.4 Å². The van der Waals surface area contributed by atoms with Gasteiger partial charge in [-0.25, -0.2) is 13.4 Å². The zero-order chi connectivity index (χ0) is 28.0. The maximum absolute atomic E-state index is 13.3. The molecule has 1 aromatic carbocycles. The first-order chi connectivity index (χ1) is 18.7. The zero-order valence-electron chi connectivity index (χ0n) is 22.3. The molecule has 12 heteroatoms. The van der Waals surface area contributed by atoms with Gasteiger partial charge in [-0.05, 0) is 69.4 Å². The molecule has 0 bridgehead atoms. The molecule has 1 fully saturated rings. The van der Waals surface area contributed by atoms with Crippen molar-refractivity contribution in [2.24, 2.45) is 5.92 Å². The molecule has 0 radical (unpaired) electrons. The molecule has 0 spiro atoms. The highest BCUT2D eigenvalue weighted by atomic mass is 32.2. The van der Waals surface area contributed by atoms with E-state index in [-0.39, 0.29) is 35.7 Å². The minimum atomic E-state index is -3.61. The number of thioether (sulfide) groups is 1. The molecule has 3 heterocycles. The molecule has 4 rings (SSSR count). The number of rotatable bonds is 10. The average Bonchev–Trinajstić information content (AvgIpc) is 3.31. The lowest BCUT2D eigenvalue weighted by Gasteiger charge is -2.31. The maximum Gasteiger partial charge on any atom is 0.248 e. The summed E-state index contributed by atoms with van der Waals surface area (Å²) in [7, 11) is -3.61. The number of carbonyl (C=O) groups is 2. The van der Waals surface area contributed by atoms with Crippen LogP contribution in [0.2, 0.25) is 0 Å². The van der Waals surface area contributed by atoms with E-state index in [9.17, 15) is 18.0 Å². The molecule has 208 valence electrons. The Kier molecular flexibility index (Phi) is 9.41. The Labute approximate surface area is 233 Å². The van der Waals surface area contributed by atoms with Crippen LogP contribution in [0.3, 0.4) is 0 Å². The van der Waals surface area contributed by atoms with E-state index in [4.69, 9.17) is 0 Å². The molecule has 1 saturated heterocycles. The van der Waals surface area contributed by atoms with Crippen molar-refractivity contribution in [3.63, 3.8) is 0 Å². The minimum absolute atomic E-state index is 0.238. The topological polar surface area (TPSA) is 126 Å². The molecular weight excluding hydrogens is 536 g/mol. The molecule has 1 aliphatic heterocycles. The zero-order valence-corrected chi connectivity index (χ0v) is 24.0. The van der Waals surface area contributed by atoms with Crippen LogP contribution in [-0.4, -0.2) is 70.4 Å². The Bertz CT molecular complexity index is 1390.